The van der Waals surface area contributed by atoms with Crippen LogP contribution in [0.5, 0.6) is 0 Å². The van der Waals surface area contributed by atoms with E-state index in [2.05, 4.69) is 9.97 Å². The first-order valence-corrected chi connectivity index (χ1v) is 8.12. The Labute approximate surface area is 128 Å². The lowest BCUT2D eigenvalue weighted by Gasteiger charge is -2.24. The van der Waals surface area contributed by atoms with E-state index in [1.807, 2.05) is 11.0 Å². The maximum absolute atomic E-state index is 12.2. The lowest BCUT2D eigenvalue weighted by atomic mass is 10.1. The van der Waals surface area contributed by atoms with Gasteiger partial charge in [0.1, 0.15) is 17.5 Å². The third-order valence-electron chi connectivity index (χ3n) is 3.45. The van der Waals surface area contributed by atoms with Crippen molar-refractivity contribution in [1.82, 2.24) is 14.9 Å². The van der Waals surface area contributed by atoms with Gasteiger partial charge >= 0.3 is 0 Å². The highest BCUT2D eigenvalue weighted by molar-refractivity contribution is 7.99. The summed E-state index contributed by atoms with van der Waals surface area (Å²) in [7, 11) is 0. The van der Waals surface area contributed by atoms with Crippen LogP contribution in [0.25, 0.3) is 0 Å². The van der Waals surface area contributed by atoms with E-state index in [0.29, 0.717) is 10.9 Å². The number of carbonyl (C=O) groups is 1. The number of nitrogens with two attached hydrogens (primary N) is 1. The summed E-state index contributed by atoms with van der Waals surface area (Å²) in [6.45, 7) is 1.69. The number of aromatic nitrogens is 2. The summed E-state index contributed by atoms with van der Waals surface area (Å²) in [4.78, 5) is 22.2. The van der Waals surface area contributed by atoms with Gasteiger partial charge in [0.25, 0.3) is 0 Å². The van der Waals surface area contributed by atoms with Gasteiger partial charge < -0.3 is 10.6 Å². The maximum atomic E-state index is 12.2. The second-order valence-electron chi connectivity index (χ2n) is 5.00. The smallest absolute Gasteiger partial charge is 0.233 e. The lowest BCUT2D eigenvalue weighted by Crippen LogP contribution is -2.35. The van der Waals surface area contributed by atoms with Crippen LogP contribution in [0.1, 0.15) is 37.7 Å². The van der Waals surface area contributed by atoms with Crippen molar-refractivity contribution in [2.75, 3.05) is 24.6 Å². The van der Waals surface area contributed by atoms with E-state index in [0.717, 1.165) is 25.9 Å². The predicted molar refractivity (Wildman–Crippen MR) is 81.5 cm³/mol. The van der Waals surface area contributed by atoms with Crippen LogP contribution in [-0.2, 0) is 4.79 Å². The van der Waals surface area contributed by atoms with Crippen molar-refractivity contribution in [3.05, 3.63) is 11.8 Å². The number of nitrogens with zero attached hydrogens (tertiary/aromatic N) is 4. The number of likely N-dealkylation sites (tertiary alicyclic amines) is 1. The summed E-state index contributed by atoms with van der Waals surface area (Å²) in [6, 6.07) is 1.92. The van der Waals surface area contributed by atoms with E-state index in [-0.39, 0.29) is 17.3 Å². The van der Waals surface area contributed by atoms with Gasteiger partial charge in [-0.3, -0.25) is 4.79 Å². The maximum Gasteiger partial charge on any atom is 0.233 e. The second kappa shape index (κ2) is 7.84. The van der Waals surface area contributed by atoms with Crippen molar-refractivity contribution >= 4 is 23.5 Å². The van der Waals surface area contributed by atoms with Crippen LogP contribution in [-0.4, -0.2) is 39.6 Å². The molecule has 6 nitrogen and oxygen atoms in total. The molecule has 2 rings (SSSR count). The molecule has 2 heterocycles. The number of hydrogen-bond donors (Lipinski definition) is 1. The van der Waals surface area contributed by atoms with Crippen molar-refractivity contribution < 1.29 is 4.79 Å². The van der Waals surface area contributed by atoms with Crippen LogP contribution in [0.3, 0.4) is 0 Å². The van der Waals surface area contributed by atoms with Crippen LogP contribution < -0.4 is 5.73 Å². The zero-order valence-corrected chi connectivity index (χ0v) is 12.7. The molecule has 1 fully saturated rings. The van der Waals surface area contributed by atoms with Gasteiger partial charge in [0.15, 0.2) is 5.16 Å². The molecule has 1 aliphatic rings. The molecular formula is C14H19N5OS. The first kappa shape index (κ1) is 15.6. The quantitative estimate of drug-likeness (QED) is 0.676. The molecular weight excluding hydrogens is 286 g/mol. The third kappa shape index (κ3) is 4.60. The molecule has 0 aromatic carbocycles. The average molecular weight is 305 g/mol. The molecule has 0 bridgehead atoms. The number of nitrogen functional groups attached to an aromatic ring is 1. The Balaban J connectivity index is 1.88. The topological polar surface area (TPSA) is 95.9 Å². The van der Waals surface area contributed by atoms with Crippen LogP contribution in [0.15, 0.2) is 11.4 Å². The van der Waals surface area contributed by atoms with E-state index < -0.39 is 0 Å². The zero-order chi connectivity index (χ0) is 15.1. The molecule has 0 radical (unpaired) electrons. The molecule has 1 amide bonds. The molecule has 7 heteroatoms. The van der Waals surface area contributed by atoms with Crippen molar-refractivity contribution in [3.8, 4) is 6.07 Å². The SMILES string of the molecule is N#Cc1cnc(SCC(=O)N2CCCCCCC2)nc1N. The summed E-state index contributed by atoms with van der Waals surface area (Å²) >= 11 is 1.26. The minimum Gasteiger partial charge on any atom is -0.382 e. The van der Waals surface area contributed by atoms with Gasteiger partial charge in [-0.25, -0.2) is 9.97 Å². The molecule has 0 saturated carbocycles. The number of rotatable bonds is 3. The summed E-state index contributed by atoms with van der Waals surface area (Å²) in [6.07, 6.45) is 7.23. The predicted octanol–water partition coefficient (Wildman–Crippen LogP) is 1.82. The molecule has 0 aliphatic carbocycles. The fourth-order valence-electron chi connectivity index (χ4n) is 2.25. The molecule has 1 aliphatic heterocycles. The minimum atomic E-state index is 0.119. The Morgan fingerprint density at radius 1 is 1.33 bits per heavy atom. The standard InChI is InChI=1S/C14H19N5OS/c15-8-11-9-17-14(18-13(11)16)21-10-12(20)19-6-4-2-1-3-5-7-19/h9H,1-7,10H2,(H2,16,17,18). The van der Waals surface area contributed by atoms with Gasteiger partial charge in [-0.2, -0.15) is 5.26 Å². The van der Waals surface area contributed by atoms with Gasteiger partial charge in [-0.1, -0.05) is 31.0 Å². The summed E-state index contributed by atoms with van der Waals surface area (Å²) in [5.74, 6) is 0.591. The largest absolute Gasteiger partial charge is 0.382 e. The summed E-state index contributed by atoms with van der Waals surface area (Å²) in [5, 5.41) is 9.21. The molecule has 1 aromatic heterocycles. The van der Waals surface area contributed by atoms with Crippen molar-refractivity contribution in [2.45, 2.75) is 37.3 Å². The Morgan fingerprint density at radius 3 is 2.62 bits per heavy atom. The molecule has 2 N–H and O–H groups in total. The Bertz CT molecular complexity index is 535. The van der Waals surface area contributed by atoms with Crippen LogP contribution >= 0.6 is 11.8 Å². The van der Waals surface area contributed by atoms with Gasteiger partial charge in [0.05, 0.1) is 11.9 Å². The molecule has 21 heavy (non-hydrogen) atoms. The summed E-state index contributed by atoms with van der Waals surface area (Å²) < 4.78 is 0. The van der Waals surface area contributed by atoms with E-state index in [1.165, 1.54) is 37.2 Å². The lowest BCUT2D eigenvalue weighted by molar-refractivity contribution is -0.128. The molecule has 1 aromatic rings. The van der Waals surface area contributed by atoms with E-state index >= 15 is 0 Å². The van der Waals surface area contributed by atoms with Crippen molar-refractivity contribution in [1.29, 1.82) is 5.26 Å². The van der Waals surface area contributed by atoms with Gasteiger partial charge in [0, 0.05) is 13.1 Å². The number of hydrogen-bond acceptors (Lipinski definition) is 6. The Hall–Kier alpha value is -1.81. The molecule has 0 atom stereocenters. The first-order valence-electron chi connectivity index (χ1n) is 7.14. The second-order valence-corrected chi connectivity index (χ2v) is 5.94. The van der Waals surface area contributed by atoms with Crippen molar-refractivity contribution in [2.24, 2.45) is 0 Å². The summed E-state index contributed by atoms with van der Waals surface area (Å²) in [5.41, 5.74) is 5.90. The molecule has 0 unspecified atom stereocenters. The highest BCUT2D eigenvalue weighted by Crippen LogP contribution is 2.17. The Morgan fingerprint density at radius 2 is 2.00 bits per heavy atom. The van der Waals surface area contributed by atoms with Crippen LogP contribution in [0.2, 0.25) is 0 Å². The highest BCUT2D eigenvalue weighted by Gasteiger charge is 2.15. The van der Waals surface area contributed by atoms with Crippen molar-refractivity contribution in [3.63, 3.8) is 0 Å². The molecule has 0 spiro atoms. The Kier molecular flexibility index (Phi) is 5.81. The molecule has 1 saturated heterocycles. The normalized spacial score (nSPS) is 15.9. The third-order valence-corrected chi connectivity index (χ3v) is 4.30. The van der Waals surface area contributed by atoms with Gasteiger partial charge in [-0.05, 0) is 12.8 Å². The fourth-order valence-corrected chi connectivity index (χ4v) is 2.97. The number of amides is 1. The van der Waals surface area contributed by atoms with E-state index in [1.54, 1.807) is 0 Å². The van der Waals surface area contributed by atoms with Gasteiger partial charge in [-0.15, -0.1) is 0 Å². The minimum absolute atomic E-state index is 0.119. The van der Waals surface area contributed by atoms with E-state index in [4.69, 9.17) is 11.0 Å². The van der Waals surface area contributed by atoms with Crippen LogP contribution in [0.4, 0.5) is 5.82 Å². The number of nitriles is 1. The average Bonchev–Trinajstić information content (AvgIpc) is 2.44. The number of thioether (sulfide) groups is 1. The first-order chi connectivity index (χ1) is 10.2. The zero-order valence-electron chi connectivity index (χ0n) is 11.9. The highest BCUT2D eigenvalue weighted by atomic mass is 32.2. The number of anilines is 1. The fraction of sp³-hybridized carbons (Fsp3) is 0.571. The monoisotopic (exact) mass is 305 g/mol. The van der Waals surface area contributed by atoms with Crippen LogP contribution in [0, 0.1) is 11.3 Å². The molecule has 112 valence electrons. The van der Waals surface area contributed by atoms with E-state index in [9.17, 15) is 4.79 Å². The van der Waals surface area contributed by atoms with Gasteiger partial charge in [0.2, 0.25) is 5.91 Å². The number of carbonyl (C=O) groups excluding carboxylic acids is 1.